The number of hydrogen-bond acceptors (Lipinski definition) is 5. The first-order valence-electron chi connectivity index (χ1n) is 12.2. The van der Waals surface area contributed by atoms with Gasteiger partial charge in [0.2, 0.25) is 0 Å². The van der Waals surface area contributed by atoms with E-state index in [4.69, 9.17) is 4.74 Å². The monoisotopic (exact) mass is 559 g/mol. The number of aromatic nitrogens is 1. The third-order valence-electron chi connectivity index (χ3n) is 6.56. The normalized spacial score (nSPS) is 14.1. The zero-order chi connectivity index (χ0) is 26.9. The van der Waals surface area contributed by atoms with Crippen LogP contribution in [0.25, 0.3) is 23.1 Å². The van der Waals surface area contributed by atoms with Crippen molar-refractivity contribution in [2.45, 2.75) is 16.8 Å². The fourth-order valence-corrected chi connectivity index (χ4v) is 5.91. The second-order valence-corrected chi connectivity index (χ2v) is 10.3. The van der Waals surface area contributed by atoms with E-state index in [0.717, 1.165) is 45.0 Å². The fourth-order valence-electron chi connectivity index (χ4n) is 4.62. The number of carboxylic acids is 1. The Labute approximate surface area is 256 Å². The van der Waals surface area contributed by atoms with Gasteiger partial charge in [0, 0.05) is 21.9 Å². The maximum absolute atomic E-state index is 13.7. The van der Waals surface area contributed by atoms with Gasteiger partial charge in [0.25, 0.3) is 0 Å². The van der Waals surface area contributed by atoms with Crippen molar-refractivity contribution in [3.8, 4) is 5.75 Å². The molecular weight excluding hydrogens is 539 g/mol. The summed E-state index contributed by atoms with van der Waals surface area (Å²) < 4.78 is 33.4. The van der Waals surface area contributed by atoms with Crippen LogP contribution in [0.3, 0.4) is 0 Å². The molecule has 4 aromatic carbocycles. The molecule has 1 atom stereocenters. The first kappa shape index (κ1) is 28.1. The van der Waals surface area contributed by atoms with Crippen LogP contribution in [0.4, 0.5) is 8.78 Å². The number of pyridine rings is 1. The number of nitrogens with zero attached hydrogens (tertiary/aromatic N) is 1. The summed E-state index contributed by atoms with van der Waals surface area (Å²) in [5, 5.41) is 11.8. The number of aromatic carboxylic acids is 1. The third-order valence-corrected chi connectivity index (χ3v) is 7.83. The summed E-state index contributed by atoms with van der Waals surface area (Å²) in [6.07, 6.45) is 3.73. The van der Waals surface area contributed by atoms with E-state index in [1.807, 2.05) is 54.6 Å². The Bertz CT molecular complexity index is 1780. The van der Waals surface area contributed by atoms with Crippen LogP contribution in [-0.2, 0) is 6.61 Å². The summed E-state index contributed by atoms with van der Waals surface area (Å²) in [5.74, 6) is -2.31. The second-order valence-electron chi connectivity index (χ2n) is 9.13. The molecule has 0 bridgehead atoms. The van der Waals surface area contributed by atoms with Crippen LogP contribution in [0.5, 0.6) is 5.75 Å². The van der Waals surface area contributed by atoms with Gasteiger partial charge < -0.3 is 14.6 Å². The van der Waals surface area contributed by atoms with Gasteiger partial charge in [-0.2, -0.15) is 0 Å². The number of ether oxygens (including phenoxy) is 1. The van der Waals surface area contributed by atoms with Crippen molar-refractivity contribution in [1.82, 2.24) is 4.98 Å². The summed E-state index contributed by atoms with van der Waals surface area (Å²) in [6.45, 7) is 0.423. The minimum absolute atomic E-state index is 0. The summed E-state index contributed by atoms with van der Waals surface area (Å²) in [7, 11) is 0. The topological polar surface area (TPSA) is 62.2 Å². The number of rotatable bonds is 5. The van der Waals surface area contributed by atoms with Gasteiger partial charge >= 0.3 is 29.6 Å². The van der Waals surface area contributed by atoms with Crippen molar-refractivity contribution in [2.75, 3.05) is 0 Å². The zero-order valence-corrected chi connectivity index (χ0v) is 24.3. The van der Waals surface area contributed by atoms with Gasteiger partial charge in [0.15, 0.2) is 11.6 Å². The average molecular weight is 560 g/mol. The van der Waals surface area contributed by atoms with Crippen LogP contribution in [-0.4, -0.2) is 11.0 Å². The minimum atomic E-state index is -1.22. The van der Waals surface area contributed by atoms with Crippen LogP contribution >= 0.6 is 11.8 Å². The third kappa shape index (κ3) is 5.83. The Morgan fingerprint density at radius 2 is 1.73 bits per heavy atom. The fraction of sp³-hybridized carbons (Fsp3) is 0.0625. The number of halogens is 2. The van der Waals surface area contributed by atoms with Crippen molar-refractivity contribution < 1.29 is 53.0 Å². The molecular formula is C32H20F2NNaO3S. The largest absolute Gasteiger partial charge is 1.00 e. The van der Waals surface area contributed by atoms with Crippen molar-refractivity contribution >= 4 is 40.8 Å². The number of benzene rings is 4. The van der Waals surface area contributed by atoms with Gasteiger partial charge in [-0.05, 0) is 64.7 Å². The molecule has 0 radical (unpaired) electrons. The standard InChI is InChI=1S/C32H21F2NO3S.Na/c33-27-16-20-10-12-23(35-29(20)17-28(27)34)11-8-19-9-13-30-26(14-19)31(25-7-2-1-4-22(25)18-38-30)39-24-6-3-5-21(15-24)32(36)37;/h1-17,31H,18H2,(H,36,37);/q;+1/p-1. The molecule has 4 nitrogen and oxygen atoms in total. The van der Waals surface area contributed by atoms with Gasteiger partial charge in [-0.1, -0.05) is 54.6 Å². The molecule has 0 saturated carbocycles. The SMILES string of the molecule is O=C([O-])c1cccc(SC2c3ccccc3COc3ccc(C=Cc4ccc5cc(F)c(F)cc5n4)cc32)c1.[Na+]. The minimum Gasteiger partial charge on any atom is -0.545 e. The zero-order valence-electron chi connectivity index (χ0n) is 21.4. The molecule has 0 aliphatic carbocycles. The van der Waals surface area contributed by atoms with E-state index in [-0.39, 0.29) is 40.4 Å². The summed E-state index contributed by atoms with van der Waals surface area (Å²) in [4.78, 5) is 16.7. The van der Waals surface area contributed by atoms with Crippen LogP contribution < -0.4 is 39.4 Å². The molecule has 0 N–H and O–H groups in total. The number of fused-ring (bicyclic) bond motifs is 3. The summed E-state index contributed by atoms with van der Waals surface area (Å²) >= 11 is 1.55. The van der Waals surface area contributed by atoms with E-state index >= 15 is 0 Å². The Kier molecular flexibility index (Phi) is 8.38. The molecule has 40 heavy (non-hydrogen) atoms. The van der Waals surface area contributed by atoms with Crippen molar-refractivity contribution in [2.24, 2.45) is 0 Å². The first-order valence-corrected chi connectivity index (χ1v) is 13.1. The molecule has 8 heteroatoms. The molecule has 2 heterocycles. The van der Waals surface area contributed by atoms with Gasteiger partial charge in [-0.15, -0.1) is 11.8 Å². The maximum atomic E-state index is 13.7. The van der Waals surface area contributed by atoms with Gasteiger partial charge in [0.1, 0.15) is 12.4 Å². The van der Waals surface area contributed by atoms with Crippen LogP contribution in [0, 0.1) is 11.6 Å². The van der Waals surface area contributed by atoms with Gasteiger partial charge in [-0.25, -0.2) is 13.8 Å². The Morgan fingerprint density at radius 3 is 2.58 bits per heavy atom. The predicted octanol–water partition coefficient (Wildman–Crippen LogP) is 3.83. The predicted molar refractivity (Wildman–Crippen MR) is 146 cm³/mol. The van der Waals surface area contributed by atoms with Gasteiger partial charge in [-0.3, -0.25) is 0 Å². The molecule has 1 aromatic heterocycles. The molecule has 1 unspecified atom stereocenters. The van der Waals surface area contributed by atoms with Crippen molar-refractivity contribution in [1.29, 1.82) is 0 Å². The van der Waals surface area contributed by atoms with Gasteiger partial charge in [0.05, 0.1) is 22.4 Å². The smallest absolute Gasteiger partial charge is 0.545 e. The molecule has 1 aliphatic rings. The Hall–Kier alpha value is -3.49. The first-order chi connectivity index (χ1) is 18.9. The van der Waals surface area contributed by atoms with Crippen LogP contribution in [0.1, 0.15) is 43.6 Å². The number of carbonyl (C=O) groups excluding carboxylic acids is 1. The molecule has 192 valence electrons. The Morgan fingerprint density at radius 1 is 0.900 bits per heavy atom. The molecule has 0 fully saturated rings. The van der Waals surface area contributed by atoms with E-state index in [2.05, 4.69) is 11.1 Å². The second kappa shape index (κ2) is 11.9. The van der Waals surface area contributed by atoms with Crippen molar-refractivity contribution in [3.05, 3.63) is 136 Å². The number of carboxylic acid groups (broad SMARTS) is 1. The number of hydrogen-bond donors (Lipinski definition) is 0. The van der Waals surface area contributed by atoms with E-state index in [0.29, 0.717) is 23.2 Å². The molecule has 5 aromatic rings. The quantitative estimate of drug-likeness (QED) is 0.307. The number of thioether (sulfide) groups is 1. The molecule has 1 aliphatic heterocycles. The summed E-state index contributed by atoms with van der Waals surface area (Å²) in [5.41, 5.74) is 5.11. The molecule has 0 amide bonds. The Balaban J connectivity index is 0.00000323. The maximum Gasteiger partial charge on any atom is 1.00 e. The van der Waals surface area contributed by atoms with Crippen LogP contribution in [0.15, 0.2) is 95.9 Å². The van der Waals surface area contributed by atoms with E-state index in [9.17, 15) is 18.7 Å². The average Bonchev–Trinajstić information content (AvgIpc) is 3.09. The number of carbonyl (C=O) groups is 1. The van der Waals surface area contributed by atoms with Crippen molar-refractivity contribution in [3.63, 3.8) is 0 Å². The van der Waals surface area contributed by atoms with Crippen LogP contribution in [0.2, 0.25) is 0 Å². The molecule has 0 spiro atoms. The van der Waals surface area contributed by atoms with E-state index < -0.39 is 17.6 Å². The summed E-state index contributed by atoms with van der Waals surface area (Å²) in [6, 6.07) is 26.4. The molecule has 0 saturated heterocycles. The van der Waals surface area contributed by atoms with E-state index in [1.54, 1.807) is 36.0 Å². The molecule has 6 rings (SSSR count). The van der Waals surface area contributed by atoms with E-state index in [1.165, 1.54) is 6.07 Å².